The Morgan fingerprint density at radius 3 is 2.85 bits per heavy atom. The van der Waals surface area contributed by atoms with Gasteiger partial charge in [-0.05, 0) is 38.1 Å². The number of hydrogen-bond donors (Lipinski definition) is 2. The number of carbonyl (C=O) groups is 1. The van der Waals surface area contributed by atoms with Gasteiger partial charge in [-0.3, -0.25) is 4.79 Å². The van der Waals surface area contributed by atoms with Crippen LogP contribution < -0.4 is 10.6 Å². The first-order valence-corrected chi connectivity index (χ1v) is 8.23. The van der Waals surface area contributed by atoms with Crippen molar-refractivity contribution in [2.45, 2.75) is 49.8 Å². The van der Waals surface area contributed by atoms with Crippen molar-refractivity contribution in [3.05, 3.63) is 29.8 Å². The highest BCUT2D eigenvalue weighted by Crippen LogP contribution is 2.24. The van der Waals surface area contributed by atoms with Crippen molar-refractivity contribution in [3.8, 4) is 0 Å². The van der Waals surface area contributed by atoms with E-state index in [0.717, 1.165) is 24.4 Å². The molecule has 1 aromatic rings. The van der Waals surface area contributed by atoms with Crippen LogP contribution in [0.1, 0.15) is 38.7 Å². The fourth-order valence-electron chi connectivity index (χ4n) is 1.92. The molecule has 4 heteroatoms. The minimum Gasteiger partial charge on any atom is -0.355 e. The Morgan fingerprint density at radius 1 is 1.35 bits per heavy atom. The number of carbonyl (C=O) groups excluding carboxylic acids is 1. The van der Waals surface area contributed by atoms with Gasteiger partial charge in [-0.1, -0.05) is 31.9 Å². The van der Waals surface area contributed by atoms with E-state index in [2.05, 4.69) is 35.8 Å². The maximum Gasteiger partial charge on any atom is 0.233 e. The molecule has 0 saturated heterocycles. The summed E-state index contributed by atoms with van der Waals surface area (Å²) in [4.78, 5) is 13.1. The highest BCUT2D eigenvalue weighted by atomic mass is 32.2. The van der Waals surface area contributed by atoms with Crippen LogP contribution in [0.25, 0.3) is 0 Å². The van der Waals surface area contributed by atoms with E-state index in [4.69, 9.17) is 0 Å². The lowest BCUT2D eigenvalue weighted by molar-refractivity contribution is -0.120. The number of nitrogens with one attached hydrogen (secondary N) is 2. The lowest BCUT2D eigenvalue weighted by Crippen LogP contribution is -2.31. The first kappa shape index (κ1) is 17.1. The van der Waals surface area contributed by atoms with Gasteiger partial charge in [0.15, 0.2) is 0 Å². The maximum atomic E-state index is 12.0. The molecule has 1 unspecified atom stereocenters. The average molecular weight is 294 g/mol. The fourth-order valence-corrected chi connectivity index (χ4v) is 2.90. The van der Waals surface area contributed by atoms with Gasteiger partial charge in [0.25, 0.3) is 0 Å². The minimum absolute atomic E-state index is 0.0542. The van der Waals surface area contributed by atoms with E-state index >= 15 is 0 Å². The summed E-state index contributed by atoms with van der Waals surface area (Å²) in [6.07, 6.45) is 3.42. The molecule has 1 amide bonds. The molecule has 0 bridgehead atoms. The molecule has 0 aliphatic heterocycles. The van der Waals surface area contributed by atoms with Crippen LogP contribution >= 0.6 is 11.8 Å². The Kier molecular flexibility index (Phi) is 8.38. The van der Waals surface area contributed by atoms with Gasteiger partial charge in [0.05, 0.1) is 5.25 Å². The molecule has 0 spiro atoms. The van der Waals surface area contributed by atoms with E-state index in [9.17, 15) is 4.79 Å². The molecule has 0 radical (unpaired) electrons. The molecule has 2 N–H and O–H groups in total. The van der Waals surface area contributed by atoms with Crippen LogP contribution in [-0.2, 0) is 11.3 Å². The van der Waals surface area contributed by atoms with Crippen LogP contribution in [0.2, 0.25) is 0 Å². The van der Waals surface area contributed by atoms with Crippen molar-refractivity contribution >= 4 is 17.7 Å². The highest BCUT2D eigenvalue weighted by molar-refractivity contribution is 8.00. The Balaban J connectivity index is 2.42. The van der Waals surface area contributed by atoms with Crippen molar-refractivity contribution in [3.63, 3.8) is 0 Å². The lowest BCUT2D eigenvalue weighted by atomic mass is 10.2. The van der Waals surface area contributed by atoms with E-state index in [1.165, 1.54) is 18.4 Å². The normalized spacial score (nSPS) is 12.2. The molecule has 1 aromatic carbocycles. The van der Waals surface area contributed by atoms with E-state index in [0.29, 0.717) is 0 Å². The maximum absolute atomic E-state index is 12.0. The van der Waals surface area contributed by atoms with E-state index < -0.39 is 0 Å². The molecule has 0 heterocycles. The summed E-state index contributed by atoms with van der Waals surface area (Å²) in [5.74, 6) is 0.130. The summed E-state index contributed by atoms with van der Waals surface area (Å²) >= 11 is 1.62. The van der Waals surface area contributed by atoms with E-state index in [1.807, 2.05) is 20.0 Å². The third-order valence-corrected chi connectivity index (χ3v) is 4.13. The molecule has 3 nitrogen and oxygen atoms in total. The molecule has 0 aliphatic rings. The summed E-state index contributed by atoms with van der Waals surface area (Å²) in [6.45, 7) is 5.77. The monoisotopic (exact) mass is 294 g/mol. The Hall–Kier alpha value is -1.00. The van der Waals surface area contributed by atoms with Gasteiger partial charge < -0.3 is 10.6 Å². The Morgan fingerprint density at radius 2 is 2.15 bits per heavy atom. The number of amides is 1. The Labute approximate surface area is 126 Å². The van der Waals surface area contributed by atoms with Gasteiger partial charge >= 0.3 is 0 Å². The van der Waals surface area contributed by atoms with Crippen LogP contribution in [-0.4, -0.2) is 24.7 Å². The van der Waals surface area contributed by atoms with Crippen LogP contribution in [0.4, 0.5) is 0 Å². The molecule has 1 atom stereocenters. The molecular formula is C16H26N2OS. The molecule has 112 valence electrons. The largest absolute Gasteiger partial charge is 0.355 e. The van der Waals surface area contributed by atoms with Crippen molar-refractivity contribution in [2.75, 3.05) is 13.6 Å². The van der Waals surface area contributed by atoms with Crippen LogP contribution in [0.3, 0.4) is 0 Å². The fraction of sp³-hybridized carbons (Fsp3) is 0.562. The first-order chi connectivity index (χ1) is 9.67. The van der Waals surface area contributed by atoms with E-state index in [-0.39, 0.29) is 11.2 Å². The summed E-state index contributed by atoms with van der Waals surface area (Å²) in [5, 5.41) is 6.09. The lowest BCUT2D eigenvalue weighted by Gasteiger charge is -2.12. The zero-order chi connectivity index (χ0) is 14.8. The van der Waals surface area contributed by atoms with Crippen LogP contribution in [0.5, 0.6) is 0 Å². The van der Waals surface area contributed by atoms with Crippen molar-refractivity contribution in [1.29, 1.82) is 0 Å². The number of rotatable bonds is 9. The quantitative estimate of drug-likeness (QED) is 0.543. The molecular weight excluding hydrogens is 268 g/mol. The molecule has 1 rings (SSSR count). The summed E-state index contributed by atoms with van der Waals surface area (Å²) in [6, 6.07) is 8.34. The number of thioether (sulfide) groups is 1. The number of unbranched alkanes of at least 4 members (excludes halogenated alkanes) is 2. The van der Waals surface area contributed by atoms with Crippen LogP contribution in [0, 0.1) is 0 Å². The Bertz CT molecular complexity index is 409. The second-order valence-electron chi connectivity index (χ2n) is 4.94. The summed E-state index contributed by atoms with van der Waals surface area (Å²) in [7, 11) is 1.94. The molecule has 0 fully saturated rings. The highest BCUT2D eigenvalue weighted by Gasteiger charge is 2.13. The predicted octanol–water partition coefficient (Wildman–Crippen LogP) is 3.19. The van der Waals surface area contributed by atoms with Gasteiger partial charge in [-0.2, -0.15) is 0 Å². The van der Waals surface area contributed by atoms with Crippen molar-refractivity contribution < 1.29 is 4.79 Å². The predicted molar refractivity (Wildman–Crippen MR) is 87.1 cm³/mol. The second kappa shape index (κ2) is 9.83. The van der Waals surface area contributed by atoms with Gasteiger partial charge in [0.2, 0.25) is 5.91 Å². The SMILES string of the molecule is CCCCCNC(=O)C(C)Sc1cccc(CNC)c1. The molecule has 0 saturated carbocycles. The zero-order valence-corrected chi connectivity index (χ0v) is 13.6. The first-order valence-electron chi connectivity index (χ1n) is 7.35. The third-order valence-electron chi connectivity index (χ3n) is 3.04. The molecule has 20 heavy (non-hydrogen) atoms. The standard InChI is InChI=1S/C16H26N2OS/c1-4-5-6-10-18-16(19)13(2)20-15-9-7-8-14(11-15)12-17-3/h7-9,11,13,17H,4-6,10,12H2,1-3H3,(H,18,19). The van der Waals surface area contributed by atoms with Crippen molar-refractivity contribution in [2.24, 2.45) is 0 Å². The van der Waals surface area contributed by atoms with Gasteiger partial charge in [-0.25, -0.2) is 0 Å². The van der Waals surface area contributed by atoms with Gasteiger partial charge in [0, 0.05) is 18.0 Å². The number of hydrogen-bond acceptors (Lipinski definition) is 3. The number of benzene rings is 1. The second-order valence-corrected chi connectivity index (χ2v) is 6.35. The van der Waals surface area contributed by atoms with Crippen LogP contribution in [0.15, 0.2) is 29.2 Å². The minimum atomic E-state index is -0.0542. The summed E-state index contributed by atoms with van der Waals surface area (Å²) in [5.41, 5.74) is 1.24. The molecule has 0 aromatic heterocycles. The smallest absolute Gasteiger partial charge is 0.233 e. The third kappa shape index (κ3) is 6.44. The zero-order valence-electron chi connectivity index (χ0n) is 12.7. The van der Waals surface area contributed by atoms with Crippen molar-refractivity contribution in [1.82, 2.24) is 10.6 Å². The molecule has 0 aliphatic carbocycles. The summed E-state index contributed by atoms with van der Waals surface area (Å²) < 4.78 is 0. The van der Waals surface area contributed by atoms with Gasteiger partial charge in [-0.15, -0.1) is 11.8 Å². The average Bonchev–Trinajstić information content (AvgIpc) is 2.44. The van der Waals surface area contributed by atoms with Gasteiger partial charge in [0.1, 0.15) is 0 Å². The topological polar surface area (TPSA) is 41.1 Å². The van der Waals surface area contributed by atoms with E-state index in [1.54, 1.807) is 11.8 Å².